The molecule has 1 aliphatic heterocycles. The summed E-state index contributed by atoms with van der Waals surface area (Å²) in [5.41, 5.74) is 3.74. The molecular weight excluding hydrogens is 362 g/mol. The number of Topliss-reactive ketones (excluding diaryl/α,β-unsaturated/α-hetero) is 1. The number of ketones is 1. The molecule has 0 unspecified atom stereocenters. The number of hydrogen-bond acceptors (Lipinski definition) is 3. The lowest BCUT2D eigenvalue weighted by atomic mass is 10.0. The van der Waals surface area contributed by atoms with Crippen LogP contribution in [0.5, 0.6) is 0 Å². The highest BCUT2D eigenvalue weighted by Gasteiger charge is 2.51. The molecule has 0 bridgehead atoms. The molecule has 0 spiro atoms. The van der Waals surface area contributed by atoms with Gasteiger partial charge in [0.25, 0.3) is 5.91 Å². The molecule has 3 aromatic rings. The van der Waals surface area contributed by atoms with Gasteiger partial charge in [-0.3, -0.25) is 9.59 Å². The van der Waals surface area contributed by atoms with E-state index in [1.165, 1.54) is 0 Å². The van der Waals surface area contributed by atoms with Crippen LogP contribution in [0.3, 0.4) is 0 Å². The summed E-state index contributed by atoms with van der Waals surface area (Å²) in [5, 5.41) is 0. The second kappa shape index (κ2) is 8.41. The van der Waals surface area contributed by atoms with Crippen LogP contribution in [0, 0.1) is 6.92 Å². The zero-order chi connectivity index (χ0) is 20.2. The largest absolute Gasteiger partial charge is 0.350 e. The zero-order valence-electron chi connectivity index (χ0n) is 16.3. The van der Waals surface area contributed by atoms with E-state index in [0.717, 1.165) is 16.7 Å². The van der Waals surface area contributed by atoms with Crippen LogP contribution in [0.2, 0.25) is 0 Å². The summed E-state index contributed by atoms with van der Waals surface area (Å²) in [7, 11) is 0. The van der Waals surface area contributed by atoms with Crippen molar-refractivity contribution in [2.24, 2.45) is 0 Å². The topological polar surface area (TPSA) is 49.9 Å². The Morgan fingerprint density at radius 2 is 1.28 bits per heavy atom. The van der Waals surface area contributed by atoms with Crippen molar-refractivity contribution < 1.29 is 14.3 Å². The Balaban J connectivity index is 1.49. The molecule has 3 aromatic carbocycles. The number of hydrogen-bond donors (Lipinski definition) is 0. The Morgan fingerprint density at radius 1 is 0.759 bits per heavy atom. The summed E-state index contributed by atoms with van der Waals surface area (Å²) in [5.74, 6) is -0.286. The Hall–Kier alpha value is -3.24. The van der Waals surface area contributed by atoms with Gasteiger partial charge in [0.15, 0.2) is 18.0 Å². The van der Waals surface area contributed by atoms with Gasteiger partial charge in [-0.2, -0.15) is 0 Å². The smallest absolute Gasteiger partial charge is 0.255 e. The number of carbonyl (C=O) groups is 2. The molecule has 0 aliphatic carbocycles. The SMILES string of the molecule is Cc1ccc(C(=O)[C@@H]2O[C@H]2C(=O)N(Cc2ccccc2)Cc2ccccc2)cc1. The van der Waals surface area contributed by atoms with Crippen LogP contribution in [-0.2, 0) is 22.6 Å². The number of epoxide rings is 1. The average molecular weight is 385 g/mol. The molecule has 1 saturated heterocycles. The van der Waals surface area contributed by atoms with Crippen LogP contribution < -0.4 is 0 Å². The lowest BCUT2D eigenvalue weighted by Gasteiger charge is -2.22. The molecule has 0 aromatic heterocycles. The maximum atomic E-state index is 13.2. The van der Waals surface area contributed by atoms with Crippen LogP contribution in [0.15, 0.2) is 84.9 Å². The van der Waals surface area contributed by atoms with Crippen molar-refractivity contribution in [3.63, 3.8) is 0 Å². The molecule has 2 atom stereocenters. The van der Waals surface area contributed by atoms with Gasteiger partial charge in [-0.15, -0.1) is 0 Å². The van der Waals surface area contributed by atoms with Crippen LogP contribution in [-0.4, -0.2) is 28.8 Å². The Bertz CT molecular complexity index is 942. The van der Waals surface area contributed by atoms with E-state index >= 15 is 0 Å². The second-order valence-corrected chi connectivity index (χ2v) is 7.37. The number of aryl methyl sites for hydroxylation is 1. The Labute approximate surface area is 170 Å². The van der Waals surface area contributed by atoms with E-state index in [4.69, 9.17) is 4.74 Å². The number of rotatable bonds is 7. The van der Waals surface area contributed by atoms with Gasteiger partial charge in [0.2, 0.25) is 0 Å². The van der Waals surface area contributed by atoms with Gasteiger partial charge in [0.05, 0.1) is 0 Å². The summed E-state index contributed by atoms with van der Waals surface area (Å²) in [6.45, 7) is 2.92. The van der Waals surface area contributed by atoms with E-state index in [-0.39, 0.29) is 11.7 Å². The molecule has 146 valence electrons. The maximum absolute atomic E-state index is 13.2. The molecule has 1 aliphatic rings. The number of ether oxygens (including phenoxy) is 1. The molecule has 1 heterocycles. The molecule has 29 heavy (non-hydrogen) atoms. The lowest BCUT2D eigenvalue weighted by molar-refractivity contribution is -0.133. The molecule has 1 fully saturated rings. The van der Waals surface area contributed by atoms with Crippen LogP contribution in [0.1, 0.15) is 27.0 Å². The quantitative estimate of drug-likeness (QED) is 0.453. The highest BCUT2D eigenvalue weighted by Crippen LogP contribution is 2.29. The Kier molecular flexibility index (Phi) is 5.54. The fraction of sp³-hybridized carbons (Fsp3) is 0.200. The second-order valence-electron chi connectivity index (χ2n) is 7.37. The first-order chi connectivity index (χ1) is 14.1. The van der Waals surface area contributed by atoms with E-state index in [2.05, 4.69) is 0 Å². The standard InChI is InChI=1S/C25H23NO3/c1-18-12-14-21(15-13-18)22(27)23-24(29-23)25(28)26(16-19-8-4-2-5-9-19)17-20-10-6-3-7-11-20/h2-15,23-24H,16-17H2,1H3/t23-,24+/m0/s1. The van der Waals surface area contributed by atoms with Crippen molar-refractivity contribution in [2.75, 3.05) is 0 Å². The van der Waals surface area contributed by atoms with Crippen molar-refractivity contribution in [1.29, 1.82) is 0 Å². The number of benzene rings is 3. The first-order valence-corrected chi connectivity index (χ1v) is 9.75. The first kappa shape index (κ1) is 19.1. The lowest BCUT2D eigenvalue weighted by Crippen LogP contribution is -2.35. The molecule has 0 N–H and O–H groups in total. The minimum atomic E-state index is -0.712. The van der Waals surface area contributed by atoms with E-state index in [1.54, 1.807) is 17.0 Å². The molecule has 1 amide bonds. The summed E-state index contributed by atoms with van der Waals surface area (Å²) in [4.78, 5) is 27.6. The zero-order valence-corrected chi connectivity index (χ0v) is 16.3. The fourth-order valence-corrected chi connectivity index (χ4v) is 3.38. The monoisotopic (exact) mass is 385 g/mol. The molecule has 0 radical (unpaired) electrons. The highest BCUT2D eigenvalue weighted by atomic mass is 16.6. The molecule has 4 nitrogen and oxygen atoms in total. The van der Waals surface area contributed by atoms with Crippen molar-refractivity contribution in [1.82, 2.24) is 4.90 Å². The van der Waals surface area contributed by atoms with E-state index in [9.17, 15) is 9.59 Å². The van der Waals surface area contributed by atoms with E-state index in [1.807, 2.05) is 79.7 Å². The van der Waals surface area contributed by atoms with Crippen molar-refractivity contribution >= 4 is 11.7 Å². The third-order valence-corrected chi connectivity index (χ3v) is 5.07. The minimum Gasteiger partial charge on any atom is -0.350 e. The summed E-state index contributed by atoms with van der Waals surface area (Å²) < 4.78 is 5.54. The van der Waals surface area contributed by atoms with Gasteiger partial charge < -0.3 is 9.64 Å². The third-order valence-electron chi connectivity index (χ3n) is 5.07. The van der Waals surface area contributed by atoms with Crippen molar-refractivity contribution in [3.05, 3.63) is 107 Å². The van der Waals surface area contributed by atoms with Gasteiger partial charge in [0, 0.05) is 18.7 Å². The number of nitrogens with zero attached hydrogens (tertiary/aromatic N) is 1. The number of amides is 1. The molecular formula is C25H23NO3. The molecule has 4 heteroatoms. The Morgan fingerprint density at radius 3 is 1.79 bits per heavy atom. The van der Waals surface area contributed by atoms with Crippen LogP contribution in [0.25, 0.3) is 0 Å². The van der Waals surface area contributed by atoms with Crippen molar-refractivity contribution in [2.45, 2.75) is 32.2 Å². The fourth-order valence-electron chi connectivity index (χ4n) is 3.38. The molecule has 4 rings (SSSR count). The van der Waals surface area contributed by atoms with Gasteiger partial charge >= 0.3 is 0 Å². The predicted octanol–water partition coefficient (Wildman–Crippen LogP) is 4.17. The maximum Gasteiger partial charge on any atom is 0.255 e. The van der Waals surface area contributed by atoms with Crippen molar-refractivity contribution in [3.8, 4) is 0 Å². The third kappa shape index (κ3) is 4.61. The molecule has 0 saturated carbocycles. The van der Waals surface area contributed by atoms with Gasteiger partial charge in [-0.25, -0.2) is 0 Å². The van der Waals surface area contributed by atoms with E-state index < -0.39 is 12.2 Å². The van der Waals surface area contributed by atoms with E-state index in [0.29, 0.717) is 18.7 Å². The first-order valence-electron chi connectivity index (χ1n) is 9.75. The normalized spacial score (nSPS) is 17.6. The number of carbonyl (C=O) groups excluding carboxylic acids is 2. The van der Waals surface area contributed by atoms with Gasteiger partial charge in [-0.05, 0) is 18.1 Å². The highest BCUT2D eigenvalue weighted by molar-refractivity contribution is 6.05. The van der Waals surface area contributed by atoms with Crippen LogP contribution >= 0.6 is 0 Å². The predicted molar refractivity (Wildman–Crippen MR) is 111 cm³/mol. The van der Waals surface area contributed by atoms with Gasteiger partial charge in [-0.1, -0.05) is 90.5 Å². The summed E-state index contributed by atoms with van der Waals surface area (Å²) in [6.07, 6.45) is -1.41. The van der Waals surface area contributed by atoms with Gasteiger partial charge in [0.1, 0.15) is 0 Å². The summed E-state index contributed by atoms with van der Waals surface area (Å²) in [6, 6.07) is 27.1. The summed E-state index contributed by atoms with van der Waals surface area (Å²) >= 11 is 0. The van der Waals surface area contributed by atoms with Crippen LogP contribution in [0.4, 0.5) is 0 Å². The minimum absolute atomic E-state index is 0.136. The average Bonchev–Trinajstić information content (AvgIpc) is 3.55.